The second kappa shape index (κ2) is 8.03. The molecule has 6 aliphatic rings. The van der Waals surface area contributed by atoms with Gasteiger partial charge in [0.25, 0.3) is 0 Å². The number of hydrogen-bond acceptors (Lipinski definition) is 6. The molecule has 3 aliphatic heterocycles. The fraction of sp³-hybridized carbons (Fsp3) is 0.519. The molecule has 4 heterocycles. The lowest BCUT2D eigenvalue weighted by molar-refractivity contribution is -0.140. The number of hydrogen-bond donors (Lipinski definition) is 3. The van der Waals surface area contributed by atoms with E-state index in [1.807, 2.05) is 17.3 Å². The number of amides is 2. The summed E-state index contributed by atoms with van der Waals surface area (Å²) in [5.74, 6) is 1.47. The van der Waals surface area contributed by atoms with E-state index >= 15 is 0 Å². The molecule has 1 aromatic heterocycles. The van der Waals surface area contributed by atoms with Crippen molar-refractivity contribution in [1.29, 1.82) is 0 Å². The van der Waals surface area contributed by atoms with Crippen LogP contribution in [0.15, 0.2) is 48.3 Å². The number of rotatable bonds is 6. The molecule has 2 saturated heterocycles. The number of carbonyl (C=O) groups excluding carboxylic acids is 2. The predicted octanol–water partition coefficient (Wildman–Crippen LogP) is 1.66. The summed E-state index contributed by atoms with van der Waals surface area (Å²) >= 11 is 0. The number of allylic oxidation sites excluding steroid dienone is 2. The zero-order valence-corrected chi connectivity index (χ0v) is 19.9. The molecule has 3 aliphatic carbocycles. The molecule has 2 unspecified atom stereocenters. The molecule has 2 amide bonds. The topological polar surface area (TPSA) is 89.6 Å². The van der Waals surface area contributed by atoms with E-state index in [0.29, 0.717) is 11.8 Å². The third-order valence-corrected chi connectivity index (χ3v) is 8.40. The van der Waals surface area contributed by atoms with Crippen LogP contribution in [0.1, 0.15) is 49.3 Å². The smallest absolute Gasteiger partial charge is 0.244 e. The van der Waals surface area contributed by atoms with Crippen molar-refractivity contribution in [2.45, 2.75) is 49.7 Å². The zero-order chi connectivity index (χ0) is 23.6. The van der Waals surface area contributed by atoms with Crippen molar-refractivity contribution in [3.63, 3.8) is 0 Å². The van der Waals surface area contributed by atoms with Crippen molar-refractivity contribution in [3.05, 3.63) is 59.6 Å². The highest BCUT2D eigenvalue weighted by atomic mass is 16.2. The molecule has 7 rings (SSSR count). The van der Waals surface area contributed by atoms with Gasteiger partial charge in [0, 0.05) is 62.0 Å². The van der Waals surface area contributed by atoms with Crippen LogP contribution < -0.4 is 16.2 Å². The fourth-order valence-corrected chi connectivity index (χ4v) is 5.85. The molecule has 2 saturated carbocycles. The fourth-order valence-electron chi connectivity index (χ4n) is 5.85. The molecule has 8 nitrogen and oxygen atoms in total. The van der Waals surface area contributed by atoms with E-state index in [1.54, 1.807) is 0 Å². The van der Waals surface area contributed by atoms with Gasteiger partial charge < -0.3 is 15.2 Å². The van der Waals surface area contributed by atoms with Crippen molar-refractivity contribution < 1.29 is 9.59 Å². The molecule has 2 atom stereocenters. The van der Waals surface area contributed by atoms with Gasteiger partial charge in [-0.3, -0.25) is 19.9 Å². The quantitative estimate of drug-likeness (QED) is 0.584. The third kappa shape index (κ3) is 3.79. The Kier molecular flexibility index (Phi) is 4.89. The highest BCUT2D eigenvalue weighted by Gasteiger charge is 2.60. The van der Waals surface area contributed by atoms with E-state index in [0.717, 1.165) is 69.5 Å². The molecule has 35 heavy (non-hydrogen) atoms. The molecule has 0 radical (unpaired) electrons. The molecule has 0 aromatic carbocycles. The molecular weight excluding hydrogens is 440 g/mol. The van der Waals surface area contributed by atoms with Gasteiger partial charge in [-0.15, -0.1) is 0 Å². The average molecular weight is 473 g/mol. The molecule has 4 fully saturated rings. The maximum Gasteiger partial charge on any atom is 0.244 e. The molecule has 8 heteroatoms. The van der Waals surface area contributed by atoms with Crippen LogP contribution in [0.5, 0.6) is 0 Å². The first-order valence-electron chi connectivity index (χ1n) is 13.0. The minimum absolute atomic E-state index is 0.0694. The molecule has 182 valence electrons. The Bertz CT molecular complexity index is 1140. The van der Waals surface area contributed by atoms with Gasteiger partial charge in [-0.1, -0.05) is 24.3 Å². The Balaban J connectivity index is 1.01. The van der Waals surface area contributed by atoms with Crippen LogP contribution in [-0.2, 0) is 9.59 Å². The van der Waals surface area contributed by atoms with Crippen LogP contribution in [0.2, 0.25) is 0 Å². The van der Waals surface area contributed by atoms with Crippen LogP contribution in [0.3, 0.4) is 0 Å². The predicted molar refractivity (Wildman–Crippen MR) is 131 cm³/mol. The van der Waals surface area contributed by atoms with Crippen LogP contribution in [0.25, 0.3) is 5.57 Å². The maximum absolute atomic E-state index is 13.3. The van der Waals surface area contributed by atoms with Gasteiger partial charge in [-0.05, 0) is 54.9 Å². The lowest BCUT2D eigenvalue weighted by Gasteiger charge is -2.42. The molecule has 1 spiro atoms. The highest BCUT2D eigenvalue weighted by molar-refractivity contribution is 5.92. The normalized spacial score (nSPS) is 29.2. The van der Waals surface area contributed by atoms with Crippen LogP contribution in [0, 0.1) is 11.8 Å². The minimum atomic E-state index is -0.348. The first kappa shape index (κ1) is 21.3. The van der Waals surface area contributed by atoms with Gasteiger partial charge in [-0.2, -0.15) is 0 Å². The first-order chi connectivity index (χ1) is 17.1. The standard InChI is InChI=1S/C27H32N6O2/c34-25(20-5-6-20)32-14-17(15-32)16-33-24(31-27(9-10-27)26(33)35)19-3-1-18(2-4-19)23-8-7-21(11-28-23)22-12-29-30-13-22/h1,3-4,7-8,11-12,17-18,20,24,29-31H,2,5-6,9-10,13-16H2. The lowest BCUT2D eigenvalue weighted by atomic mass is 9.91. The summed E-state index contributed by atoms with van der Waals surface area (Å²) in [7, 11) is 0. The Labute approximate surface area is 205 Å². The number of nitrogens with zero attached hydrogens (tertiary/aromatic N) is 3. The van der Waals surface area contributed by atoms with Crippen molar-refractivity contribution in [2.75, 3.05) is 26.2 Å². The largest absolute Gasteiger partial charge is 0.342 e. The lowest BCUT2D eigenvalue weighted by Crippen LogP contribution is -2.55. The van der Waals surface area contributed by atoms with Gasteiger partial charge in [-0.25, -0.2) is 5.43 Å². The van der Waals surface area contributed by atoms with E-state index in [4.69, 9.17) is 4.98 Å². The van der Waals surface area contributed by atoms with Crippen LogP contribution >= 0.6 is 0 Å². The second-order valence-corrected chi connectivity index (χ2v) is 11.0. The summed E-state index contributed by atoms with van der Waals surface area (Å²) in [6.07, 6.45) is 15.4. The summed E-state index contributed by atoms with van der Waals surface area (Å²) in [5.41, 5.74) is 10.4. The van der Waals surface area contributed by atoms with Crippen LogP contribution in [-0.4, -0.2) is 64.5 Å². The summed E-state index contributed by atoms with van der Waals surface area (Å²) in [5, 5.41) is 3.66. The van der Waals surface area contributed by atoms with E-state index in [1.165, 1.54) is 11.1 Å². The van der Waals surface area contributed by atoms with Gasteiger partial charge in [0.2, 0.25) is 11.8 Å². The van der Waals surface area contributed by atoms with Crippen molar-refractivity contribution in [2.24, 2.45) is 11.8 Å². The summed E-state index contributed by atoms with van der Waals surface area (Å²) in [6, 6.07) is 4.26. The van der Waals surface area contributed by atoms with Gasteiger partial charge >= 0.3 is 0 Å². The van der Waals surface area contributed by atoms with Crippen LogP contribution in [0.4, 0.5) is 0 Å². The number of nitrogens with one attached hydrogen (secondary N) is 3. The molecular formula is C27H32N6O2. The number of carbonyl (C=O) groups is 2. The number of hydrazine groups is 1. The SMILES string of the molecule is O=C(C1CC1)N1CC(CN2C(=O)C3(CC3)NC2C2=CCC(c3ccc(C4=CNNC4)cn3)C=C2)C1. The first-order valence-corrected chi connectivity index (χ1v) is 13.0. The second-order valence-electron chi connectivity index (χ2n) is 11.0. The third-order valence-electron chi connectivity index (χ3n) is 8.40. The van der Waals surface area contributed by atoms with E-state index in [9.17, 15) is 9.59 Å². The van der Waals surface area contributed by atoms with Crippen molar-refractivity contribution in [3.8, 4) is 0 Å². The number of pyridine rings is 1. The molecule has 0 bridgehead atoms. The Morgan fingerprint density at radius 3 is 2.69 bits per heavy atom. The summed E-state index contributed by atoms with van der Waals surface area (Å²) in [6.45, 7) is 3.11. The Hall–Kier alpha value is -2.97. The summed E-state index contributed by atoms with van der Waals surface area (Å²) in [4.78, 5) is 34.4. The number of likely N-dealkylation sites (tertiary alicyclic amines) is 1. The van der Waals surface area contributed by atoms with E-state index in [-0.39, 0.29) is 29.4 Å². The monoisotopic (exact) mass is 472 g/mol. The van der Waals surface area contributed by atoms with Gasteiger partial charge in [0.15, 0.2) is 0 Å². The summed E-state index contributed by atoms with van der Waals surface area (Å²) < 4.78 is 0. The average Bonchev–Trinajstić information content (AvgIpc) is 3.78. The van der Waals surface area contributed by atoms with Crippen molar-refractivity contribution >= 4 is 17.4 Å². The molecule has 3 N–H and O–H groups in total. The van der Waals surface area contributed by atoms with Gasteiger partial charge in [0.1, 0.15) is 11.7 Å². The minimum Gasteiger partial charge on any atom is -0.342 e. The zero-order valence-electron chi connectivity index (χ0n) is 19.9. The maximum atomic E-state index is 13.3. The van der Waals surface area contributed by atoms with E-state index < -0.39 is 0 Å². The Morgan fingerprint density at radius 2 is 2.06 bits per heavy atom. The van der Waals surface area contributed by atoms with Crippen molar-refractivity contribution in [1.82, 2.24) is 31.0 Å². The Morgan fingerprint density at radius 1 is 1.20 bits per heavy atom. The van der Waals surface area contributed by atoms with E-state index in [2.05, 4.69) is 51.4 Å². The molecule has 1 aromatic rings. The highest BCUT2D eigenvalue weighted by Crippen LogP contribution is 2.45. The number of aromatic nitrogens is 1. The van der Waals surface area contributed by atoms with Gasteiger partial charge in [0.05, 0.1) is 0 Å².